The second kappa shape index (κ2) is 7.82. The van der Waals surface area contributed by atoms with Crippen LogP contribution in [0.5, 0.6) is 0 Å². The van der Waals surface area contributed by atoms with Crippen LogP contribution in [0.2, 0.25) is 0 Å². The molecular formula is C21H24N6O. The Morgan fingerprint density at radius 3 is 2.68 bits per heavy atom. The lowest BCUT2D eigenvalue weighted by Crippen LogP contribution is -2.47. The number of aromatic nitrogens is 2. The largest absolute Gasteiger partial charge is 0.383 e. The van der Waals surface area contributed by atoms with Gasteiger partial charge in [0.1, 0.15) is 11.6 Å². The van der Waals surface area contributed by atoms with Gasteiger partial charge in [-0.3, -0.25) is 4.79 Å². The van der Waals surface area contributed by atoms with E-state index >= 15 is 0 Å². The molecule has 0 unspecified atom stereocenters. The van der Waals surface area contributed by atoms with E-state index in [0.29, 0.717) is 23.7 Å². The van der Waals surface area contributed by atoms with Crippen LogP contribution in [-0.4, -0.2) is 58.9 Å². The van der Waals surface area contributed by atoms with E-state index in [1.54, 1.807) is 18.5 Å². The van der Waals surface area contributed by atoms with Crippen LogP contribution < -0.4 is 11.1 Å². The number of piperazine rings is 1. The normalized spacial score (nSPS) is 15.0. The zero-order valence-corrected chi connectivity index (χ0v) is 15.9. The molecule has 0 spiro atoms. The molecule has 3 N–H and O–H groups in total. The fraction of sp³-hybridized carbons (Fsp3) is 0.286. The highest BCUT2D eigenvalue weighted by Crippen LogP contribution is 2.20. The van der Waals surface area contributed by atoms with Crippen LogP contribution in [0.15, 0.2) is 48.8 Å². The van der Waals surface area contributed by atoms with E-state index in [9.17, 15) is 4.79 Å². The van der Waals surface area contributed by atoms with Crippen molar-refractivity contribution in [1.82, 2.24) is 19.8 Å². The predicted octanol–water partition coefficient (Wildman–Crippen LogP) is 2.21. The number of fused-ring (bicyclic) bond motifs is 1. The summed E-state index contributed by atoms with van der Waals surface area (Å²) in [7, 11) is 2.08. The van der Waals surface area contributed by atoms with Gasteiger partial charge in [-0.25, -0.2) is 9.97 Å². The second-order valence-electron chi connectivity index (χ2n) is 7.13. The van der Waals surface area contributed by atoms with Gasteiger partial charge < -0.3 is 20.9 Å². The SMILES string of the molecule is CN1CCN(C(=O)c2ccnc(NCc3ccc4c(N)nccc4c3)c2)CC1. The lowest BCUT2D eigenvalue weighted by atomic mass is 10.1. The number of benzene rings is 1. The Bertz CT molecular complexity index is 997. The van der Waals surface area contributed by atoms with Crippen LogP contribution in [0.3, 0.4) is 0 Å². The van der Waals surface area contributed by atoms with Crippen molar-refractivity contribution in [3.63, 3.8) is 0 Å². The van der Waals surface area contributed by atoms with Gasteiger partial charge in [-0.2, -0.15) is 0 Å². The average molecular weight is 376 g/mol. The number of carbonyl (C=O) groups excluding carboxylic acids is 1. The summed E-state index contributed by atoms with van der Waals surface area (Å²) in [5.74, 6) is 1.29. The van der Waals surface area contributed by atoms with Crippen LogP contribution in [0.4, 0.5) is 11.6 Å². The van der Waals surface area contributed by atoms with Crippen molar-refractivity contribution in [3.05, 3.63) is 59.9 Å². The van der Waals surface area contributed by atoms with Gasteiger partial charge in [0.15, 0.2) is 0 Å². The number of pyridine rings is 2. The molecule has 2 aromatic heterocycles. The van der Waals surface area contributed by atoms with Crippen LogP contribution in [0.1, 0.15) is 15.9 Å². The number of hydrogen-bond donors (Lipinski definition) is 2. The molecule has 0 aliphatic carbocycles. The first-order valence-electron chi connectivity index (χ1n) is 9.41. The minimum atomic E-state index is 0.0623. The molecule has 144 valence electrons. The van der Waals surface area contributed by atoms with Crippen LogP contribution >= 0.6 is 0 Å². The van der Waals surface area contributed by atoms with Gasteiger partial charge >= 0.3 is 0 Å². The molecule has 7 nitrogen and oxygen atoms in total. The molecule has 1 aliphatic rings. The van der Waals surface area contributed by atoms with E-state index in [1.165, 1.54) is 0 Å². The van der Waals surface area contributed by atoms with Crippen molar-refractivity contribution < 1.29 is 4.79 Å². The first-order valence-corrected chi connectivity index (χ1v) is 9.41. The number of carbonyl (C=O) groups is 1. The van der Waals surface area contributed by atoms with Crippen molar-refractivity contribution in [2.24, 2.45) is 0 Å². The van der Waals surface area contributed by atoms with Crippen molar-refractivity contribution in [3.8, 4) is 0 Å². The minimum absolute atomic E-state index is 0.0623. The summed E-state index contributed by atoms with van der Waals surface area (Å²) in [4.78, 5) is 25.3. The molecular weight excluding hydrogens is 352 g/mol. The van der Waals surface area contributed by atoms with E-state index < -0.39 is 0 Å². The molecule has 1 amide bonds. The van der Waals surface area contributed by atoms with Crippen LogP contribution in [0.25, 0.3) is 10.8 Å². The number of nitrogen functional groups attached to an aromatic ring is 1. The standard InChI is InChI=1S/C21H24N6O/c1-26-8-10-27(11-9-26)21(28)17-5-6-23-19(13-17)25-14-15-2-3-18-16(12-15)4-7-24-20(18)22/h2-7,12-13H,8-11,14H2,1H3,(H2,22,24)(H,23,25). The zero-order valence-electron chi connectivity index (χ0n) is 15.9. The van der Waals surface area contributed by atoms with Crippen molar-refractivity contribution in [2.75, 3.05) is 44.3 Å². The number of hydrogen-bond acceptors (Lipinski definition) is 6. The maximum absolute atomic E-state index is 12.7. The minimum Gasteiger partial charge on any atom is -0.383 e. The molecule has 4 rings (SSSR count). The van der Waals surface area contributed by atoms with Gasteiger partial charge in [0.25, 0.3) is 5.91 Å². The highest BCUT2D eigenvalue weighted by atomic mass is 16.2. The van der Waals surface area contributed by atoms with E-state index in [0.717, 1.165) is 42.5 Å². The third-order valence-electron chi connectivity index (χ3n) is 5.13. The van der Waals surface area contributed by atoms with Crippen molar-refractivity contribution in [2.45, 2.75) is 6.54 Å². The maximum atomic E-state index is 12.7. The summed E-state index contributed by atoms with van der Waals surface area (Å²) in [6.07, 6.45) is 3.39. The molecule has 0 radical (unpaired) electrons. The predicted molar refractivity (Wildman–Crippen MR) is 111 cm³/mol. The molecule has 28 heavy (non-hydrogen) atoms. The average Bonchev–Trinajstić information content (AvgIpc) is 2.73. The number of nitrogens with two attached hydrogens (primary N) is 1. The summed E-state index contributed by atoms with van der Waals surface area (Å²) in [5.41, 5.74) is 7.68. The molecule has 0 atom stereocenters. The first kappa shape index (κ1) is 18.2. The number of nitrogens with zero attached hydrogens (tertiary/aromatic N) is 4. The first-order chi connectivity index (χ1) is 13.6. The molecule has 1 saturated heterocycles. The van der Waals surface area contributed by atoms with E-state index in [4.69, 9.17) is 5.73 Å². The van der Waals surface area contributed by atoms with E-state index in [2.05, 4.69) is 33.3 Å². The fourth-order valence-corrected chi connectivity index (χ4v) is 3.41. The Hall–Kier alpha value is -3.19. The Balaban J connectivity index is 1.44. The number of nitrogens with one attached hydrogen (secondary N) is 1. The summed E-state index contributed by atoms with van der Waals surface area (Å²) >= 11 is 0. The molecule has 7 heteroatoms. The van der Waals surface area contributed by atoms with Crippen molar-refractivity contribution >= 4 is 28.3 Å². The summed E-state index contributed by atoms with van der Waals surface area (Å²) < 4.78 is 0. The van der Waals surface area contributed by atoms with Gasteiger partial charge in [0.05, 0.1) is 0 Å². The smallest absolute Gasteiger partial charge is 0.254 e. The third-order valence-corrected chi connectivity index (χ3v) is 5.13. The number of rotatable bonds is 4. The Morgan fingerprint density at radius 1 is 1.07 bits per heavy atom. The molecule has 0 bridgehead atoms. The Kier molecular flexibility index (Phi) is 5.08. The Labute approximate surface area is 164 Å². The zero-order chi connectivity index (χ0) is 19.5. The molecule has 3 heterocycles. The topological polar surface area (TPSA) is 87.4 Å². The molecule has 3 aromatic rings. The number of amides is 1. The fourth-order valence-electron chi connectivity index (χ4n) is 3.41. The second-order valence-corrected chi connectivity index (χ2v) is 7.13. The van der Waals surface area contributed by atoms with E-state index in [1.807, 2.05) is 29.2 Å². The lowest BCUT2D eigenvalue weighted by Gasteiger charge is -2.32. The summed E-state index contributed by atoms with van der Waals surface area (Å²) in [6.45, 7) is 3.94. The lowest BCUT2D eigenvalue weighted by molar-refractivity contribution is 0.0664. The van der Waals surface area contributed by atoms with Gasteiger partial charge in [-0.15, -0.1) is 0 Å². The Morgan fingerprint density at radius 2 is 1.86 bits per heavy atom. The van der Waals surface area contributed by atoms with Crippen LogP contribution in [-0.2, 0) is 6.54 Å². The number of anilines is 2. The van der Waals surface area contributed by atoms with Crippen LogP contribution in [0, 0.1) is 0 Å². The molecule has 1 fully saturated rings. The van der Waals surface area contributed by atoms with Gasteiger partial charge in [-0.05, 0) is 42.3 Å². The molecule has 0 saturated carbocycles. The maximum Gasteiger partial charge on any atom is 0.254 e. The monoisotopic (exact) mass is 376 g/mol. The molecule has 1 aliphatic heterocycles. The van der Waals surface area contributed by atoms with Gasteiger partial charge in [0.2, 0.25) is 0 Å². The van der Waals surface area contributed by atoms with E-state index in [-0.39, 0.29) is 5.91 Å². The van der Waals surface area contributed by atoms with Gasteiger partial charge in [0, 0.05) is 56.1 Å². The third kappa shape index (κ3) is 3.89. The quantitative estimate of drug-likeness (QED) is 0.726. The van der Waals surface area contributed by atoms with Gasteiger partial charge in [-0.1, -0.05) is 12.1 Å². The summed E-state index contributed by atoms with van der Waals surface area (Å²) in [5, 5.41) is 5.31. The summed E-state index contributed by atoms with van der Waals surface area (Å²) in [6, 6.07) is 11.6. The van der Waals surface area contributed by atoms with Crippen molar-refractivity contribution in [1.29, 1.82) is 0 Å². The highest BCUT2D eigenvalue weighted by Gasteiger charge is 2.20. The highest BCUT2D eigenvalue weighted by molar-refractivity contribution is 5.95. The molecule has 1 aromatic carbocycles. The number of likely N-dealkylation sites (N-methyl/N-ethyl adjacent to an activating group) is 1.